The van der Waals surface area contributed by atoms with Crippen LogP contribution in [0.25, 0.3) is 0 Å². The summed E-state index contributed by atoms with van der Waals surface area (Å²) in [4.78, 5) is 12.1. The lowest BCUT2D eigenvalue weighted by atomic mass is 10.1. The third-order valence-corrected chi connectivity index (χ3v) is 3.40. The van der Waals surface area contributed by atoms with Gasteiger partial charge in [-0.05, 0) is 42.7 Å². The maximum Gasteiger partial charge on any atom is 0.228 e. The van der Waals surface area contributed by atoms with E-state index in [9.17, 15) is 4.79 Å². The number of rotatable bonds is 3. The van der Waals surface area contributed by atoms with Crippen LogP contribution in [-0.2, 0) is 11.2 Å². The van der Waals surface area contributed by atoms with Crippen molar-refractivity contribution in [3.63, 3.8) is 0 Å². The van der Waals surface area contributed by atoms with E-state index in [4.69, 9.17) is 17.3 Å². The summed E-state index contributed by atoms with van der Waals surface area (Å²) in [6, 6.07) is 11.2. The van der Waals surface area contributed by atoms with Crippen molar-refractivity contribution in [3.8, 4) is 0 Å². The SMILES string of the molecule is Cc1cc(C)c(NC(=O)Cc2ccccc2N)c(Cl)c1. The van der Waals surface area contributed by atoms with E-state index in [-0.39, 0.29) is 12.3 Å². The molecule has 0 radical (unpaired) electrons. The van der Waals surface area contributed by atoms with E-state index in [0.717, 1.165) is 16.7 Å². The fourth-order valence-electron chi connectivity index (χ4n) is 2.13. The highest BCUT2D eigenvalue weighted by Crippen LogP contribution is 2.27. The number of hydrogen-bond donors (Lipinski definition) is 2. The number of amides is 1. The second-order valence-electron chi connectivity index (χ2n) is 4.86. The Hall–Kier alpha value is -2.00. The predicted octanol–water partition coefficient (Wildman–Crippen LogP) is 3.72. The van der Waals surface area contributed by atoms with Crippen molar-refractivity contribution in [1.29, 1.82) is 0 Å². The maximum absolute atomic E-state index is 12.1. The van der Waals surface area contributed by atoms with E-state index in [2.05, 4.69) is 5.32 Å². The highest BCUT2D eigenvalue weighted by molar-refractivity contribution is 6.34. The Morgan fingerprint density at radius 3 is 2.60 bits per heavy atom. The second-order valence-corrected chi connectivity index (χ2v) is 5.27. The van der Waals surface area contributed by atoms with Crippen LogP contribution in [0.2, 0.25) is 5.02 Å². The van der Waals surface area contributed by atoms with Crippen molar-refractivity contribution in [2.24, 2.45) is 0 Å². The summed E-state index contributed by atoms with van der Waals surface area (Å²) >= 11 is 6.17. The van der Waals surface area contributed by atoms with Crippen molar-refractivity contribution < 1.29 is 4.79 Å². The van der Waals surface area contributed by atoms with Crippen molar-refractivity contribution in [2.75, 3.05) is 11.1 Å². The molecule has 0 saturated carbocycles. The quantitative estimate of drug-likeness (QED) is 0.846. The van der Waals surface area contributed by atoms with Crippen LogP contribution in [0.3, 0.4) is 0 Å². The van der Waals surface area contributed by atoms with Crippen LogP contribution in [-0.4, -0.2) is 5.91 Å². The molecule has 2 aromatic rings. The maximum atomic E-state index is 12.1. The molecule has 0 unspecified atom stereocenters. The monoisotopic (exact) mass is 288 g/mol. The molecule has 2 aromatic carbocycles. The fourth-order valence-corrected chi connectivity index (χ4v) is 2.49. The first-order chi connectivity index (χ1) is 9.47. The lowest BCUT2D eigenvalue weighted by molar-refractivity contribution is -0.115. The Morgan fingerprint density at radius 2 is 1.95 bits per heavy atom. The molecule has 0 aromatic heterocycles. The van der Waals surface area contributed by atoms with E-state index >= 15 is 0 Å². The number of nitrogens with one attached hydrogen (secondary N) is 1. The van der Waals surface area contributed by atoms with E-state index in [1.165, 1.54) is 0 Å². The van der Waals surface area contributed by atoms with Gasteiger partial charge in [0.25, 0.3) is 0 Å². The predicted molar refractivity (Wildman–Crippen MR) is 84.1 cm³/mol. The van der Waals surface area contributed by atoms with Crippen LogP contribution in [0.15, 0.2) is 36.4 Å². The topological polar surface area (TPSA) is 55.1 Å². The molecular formula is C16H17ClN2O. The molecule has 2 rings (SSSR count). The van der Waals surface area contributed by atoms with Gasteiger partial charge >= 0.3 is 0 Å². The number of benzene rings is 2. The molecule has 0 aliphatic carbocycles. The normalized spacial score (nSPS) is 10.3. The molecule has 0 fully saturated rings. The third-order valence-electron chi connectivity index (χ3n) is 3.10. The van der Waals surface area contributed by atoms with Gasteiger partial charge in [0.1, 0.15) is 0 Å². The molecule has 0 heterocycles. The second kappa shape index (κ2) is 5.97. The van der Waals surface area contributed by atoms with Crippen molar-refractivity contribution in [3.05, 3.63) is 58.1 Å². The molecule has 20 heavy (non-hydrogen) atoms. The zero-order valence-corrected chi connectivity index (χ0v) is 12.3. The zero-order chi connectivity index (χ0) is 14.7. The molecule has 0 bridgehead atoms. The van der Waals surface area contributed by atoms with Crippen molar-refractivity contribution in [1.82, 2.24) is 0 Å². The van der Waals surface area contributed by atoms with Gasteiger partial charge in [-0.15, -0.1) is 0 Å². The van der Waals surface area contributed by atoms with E-state index < -0.39 is 0 Å². The molecule has 0 saturated heterocycles. The average molecular weight is 289 g/mol. The van der Waals surface area contributed by atoms with Gasteiger partial charge in [0, 0.05) is 5.69 Å². The fraction of sp³-hybridized carbons (Fsp3) is 0.188. The average Bonchev–Trinajstić information content (AvgIpc) is 2.36. The Kier molecular flexibility index (Phi) is 4.30. The summed E-state index contributed by atoms with van der Waals surface area (Å²) in [5.41, 5.74) is 9.95. The number of aryl methyl sites for hydroxylation is 2. The Labute approximate surface area is 123 Å². The number of para-hydroxylation sites is 1. The summed E-state index contributed by atoms with van der Waals surface area (Å²) in [5.74, 6) is -0.128. The summed E-state index contributed by atoms with van der Waals surface area (Å²) < 4.78 is 0. The largest absolute Gasteiger partial charge is 0.398 e. The molecule has 0 atom stereocenters. The van der Waals surface area contributed by atoms with Gasteiger partial charge < -0.3 is 11.1 Å². The molecule has 4 heteroatoms. The molecule has 1 amide bonds. The molecule has 0 aliphatic heterocycles. The number of nitrogens with two attached hydrogens (primary N) is 1. The summed E-state index contributed by atoms with van der Waals surface area (Å²) in [6.45, 7) is 3.89. The van der Waals surface area contributed by atoms with Gasteiger partial charge in [0.05, 0.1) is 17.1 Å². The van der Waals surface area contributed by atoms with Crippen LogP contribution in [0, 0.1) is 13.8 Å². The van der Waals surface area contributed by atoms with Gasteiger partial charge in [-0.1, -0.05) is 35.9 Å². The molecule has 0 spiro atoms. The number of nitrogen functional groups attached to an aromatic ring is 1. The van der Waals surface area contributed by atoms with E-state index in [1.54, 1.807) is 6.07 Å². The first-order valence-electron chi connectivity index (χ1n) is 6.37. The number of carbonyl (C=O) groups is 1. The standard InChI is InChI=1S/C16H17ClN2O/c1-10-7-11(2)16(13(17)8-10)19-15(20)9-12-5-3-4-6-14(12)18/h3-8H,9,18H2,1-2H3,(H,19,20). The lowest BCUT2D eigenvalue weighted by Gasteiger charge is -2.12. The van der Waals surface area contributed by atoms with Gasteiger partial charge in [-0.25, -0.2) is 0 Å². The van der Waals surface area contributed by atoms with Crippen LogP contribution in [0.5, 0.6) is 0 Å². The third kappa shape index (κ3) is 3.31. The summed E-state index contributed by atoms with van der Waals surface area (Å²) in [6.07, 6.45) is 0.232. The Bertz CT molecular complexity index is 630. The number of anilines is 2. The summed E-state index contributed by atoms with van der Waals surface area (Å²) in [5, 5.41) is 3.41. The van der Waals surface area contributed by atoms with Gasteiger partial charge in [0.15, 0.2) is 0 Å². The highest BCUT2D eigenvalue weighted by atomic mass is 35.5. The highest BCUT2D eigenvalue weighted by Gasteiger charge is 2.11. The van der Waals surface area contributed by atoms with E-state index in [1.807, 2.05) is 44.2 Å². The molecule has 104 valence electrons. The minimum atomic E-state index is -0.128. The number of carbonyl (C=O) groups excluding carboxylic acids is 1. The van der Waals surface area contributed by atoms with E-state index in [0.29, 0.717) is 16.4 Å². The molecule has 0 aliphatic rings. The van der Waals surface area contributed by atoms with Gasteiger partial charge in [-0.3, -0.25) is 4.79 Å². The Balaban J connectivity index is 2.15. The zero-order valence-electron chi connectivity index (χ0n) is 11.5. The molecule has 3 N–H and O–H groups in total. The van der Waals surface area contributed by atoms with Crippen LogP contribution < -0.4 is 11.1 Å². The minimum absolute atomic E-state index is 0.128. The summed E-state index contributed by atoms with van der Waals surface area (Å²) in [7, 11) is 0. The first kappa shape index (κ1) is 14.4. The molecule has 3 nitrogen and oxygen atoms in total. The van der Waals surface area contributed by atoms with Crippen molar-refractivity contribution >= 4 is 28.9 Å². The minimum Gasteiger partial charge on any atom is -0.398 e. The van der Waals surface area contributed by atoms with Gasteiger partial charge in [-0.2, -0.15) is 0 Å². The molecular weight excluding hydrogens is 272 g/mol. The van der Waals surface area contributed by atoms with Crippen LogP contribution in [0.4, 0.5) is 11.4 Å². The van der Waals surface area contributed by atoms with Gasteiger partial charge in [0.2, 0.25) is 5.91 Å². The van der Waals surface area contributed by atoms with Crippen LogP contribution >= 0.6 is 11.6 Å². The number of halogens is 1. The van der Waals surface area contributed by atoms with Crippen LogP contribution in [0.1, 0.15) is 16.7 Å². The van der Waals surface area contributed by atoms with Crippen molar-refractivity contribution in [2.45, 2.75) is 20.3 Å². The first-order valence-corrected chi connectivity index (χ1v) is 6.75. The Morgan fingerprint density at radius 1 is 1.25 bits per heavy atom. The smallest absolute Gasteiger partial charge is 0.228 e. The number of hydrogen-bond acceptors (Lipinski definition) is 2. The lowest BCUT2D eigenvalue weighted by Crippen LogP contribution is -2.16.